The van der Waals surface area contributed by atoms with Gasteiger partial charge in [-0.2, -0.15) is 0 Å². The topological polar surface area (TPSA) is 120 Å². The molecule has 4 N–H and O–H groups in total. The molecule has 9 heteroatoms. The molecule has 2 aromatic rings. The standard InChI is InChI=1S/C22H27N3O5S/c1-13-18(22(28)30-11-10-29-2)21(31-19(13)20(23)27)25-17(26)12-24-16-9-5-7-14-6-3-4-8-15(14)16/h3-4,6,8,16,24H,5,7,9-12H2,1-2H3,(H2,23,27)(H,25,26)/t16-/m0/s1. The van der Waals surface area contributed by atoms with Crippen LogP contribution in [0.25, 0.3) is 0 Å². The van der Waals surface area contributed by atoms with Crippen molar-refractivity contribution < 1.29 is 23.9 Å². The maximum atomic E-state index is 12.6. The normalized spacial score (nSPS) is 15.2. The lowest BCUT2D eigenvalue weighted by Crippen LogP contribution is -2.33. The summed E-state index contributed by atoms with van der Waals surface area (Å²) < 4.78 is 10.1. The Kier molecular flexibility index (Phi) is 7.78. The second-order valence-electron chi connectivity index (χ2n) is 7.33. The summed E-state index contributed by atoms with van der Waals surface area (Å²) in [6.45, 7) is 1.98. The largest absolute Gasteiger partial charge is 0.460 e. The molecular formula is C22H27N3O5S. The smallest absolute Gasteiger partial charge is 0.341 e. The van der Waals surface area contributed by atoms with E-state index in [9.17, 15) is 14.4 Å². The Bertz CT molecular complexity index is 972. The van der Waals surface area contributed by atoms with Crippen molar-refractivity contribution in [2.75, 3.05) is 32.2 Å². The van der Waals surface area contributed by atoms with Crippen LogP contribution in [0.4, 0.5) is 5.00 Å². The average molecular weight is 446 g/mol. The number of fused-ring (bicyclic) bond motifs is 1. The van der Waals surface area contributed by atoms with Crippen LogP contribution in [0.2, 0.25) is 0 Å². The summed E-state index contributed by atoms with van der Waals surface area (Å²) in [5.74, 6) is -1.61. The van der Waals surface area contributed by atoms with E-state index in [-0.39, 0.29) is 47.1 Å². The highest BCUT2D eigenvalue weighted by atomic mass is 32.1. The molecule has 0 fully saturated rings. The molecule has 2 amide bonds. The Morgan fingerprint density at radius 2 is 2.00 bits per heavy atom. The zero-order valence-electron chi connectivity index (χ0n) is 17.7. The monoisotopic (exact) mass is 445 g/mol. The van der Waals surface area contributed by atoms with Crippen LogP contribution in [0.1, 0.15) is 55.6 Å². The van der Waals surface area contributed by atoms with Gasteiger partial charge in [0, 0.05) is 13.2 Å². The number of hydrogen-bond donors (Lipinski definition) is 3. The number of primary amides is 1. The quantitative estimate of drug-likeness (QED) is 0.403. The minimum Gasteiger partial charge on any atom is -0.460 e. The van der Waals surface area contributed by atoms with Gasteiger partial charge < -0.3 is 25.8 Å². The van der Waals surface area contributed by atoms with Gasteiger partial charge in [-0.05, 0) is 42.9 Å². The van der Waals surface area contributed by atoms with Gasteiger partial charge >= 0.3 is 5.97 Å². The van der Waals surface area contributed by atoms with Crippen LogP contribution in [0, 0.1) is 6.92 Å². The van der Waals surface area contributed by atoms with Crippen LogP contribution >= 0.6 is 11.3 Å². The maximum Gasteiger partial charge on any atom is 0.341 e. The van der Waals surface area contributed by atoms with Gasteiger partial charge in [-0.3, -0.25) is 9.59 Å². The zero-order valence-corrected chi connectivity index (χ0v) is 18.5. The van der Waals surface area contributed by atoms with Gasteiger partial charge in [-0.15, -0.1) is 11.3 Å². The highest BCUT2D eigenvalue weighted by molar-refractivity contribution is 7.18. The Labute approximate surface area is 185 Å². The Balaban J connectivity index is 1.70. The van der Waals surface area contributed by atoms with E-state index in [1.165, 1.54) is 18.2 Å². The van der Waals surface area contributed by atoms with Crippen molar-refractivity contribution in [3.63, 3.8) is 0 Å². The van der Waals surface area contributed by atoms with Crippen molar-refractivity contribution in [1.82, 2.24) is 5.32 Å². The number of nitrogens with one attached hydrogen (secondary N) is 2. The molecule has 0 saturated heterocycles. The first-order valence-electron chi connectivity index (χ1n) is 10.1. The van der Waals surface area contributed by atoms with E-state index in [4.69, 9.17) is 15.2 Å². The molecule has 0 aliphatic heterocycles. The lowest BCUT2D eigenvalue weighted by atomic mass is 9.88. The van der Waals surface area contributed by atoms with E-state index < -0.39 is 11.9 Å². The van der Waals surface area contributed by atoms with Gasteiger partial charge in [0.2, 0.25) is 5.91 Å². The number of hydrogen-bond acceptors (Lipinski definition) is 7. The van der Waals surface area contributed by atoms with Gasteiger partial charge in [0.1, 0.15) is 11.6 Å². The van der Waals surface area contributed by atoms with Gasteiger partial charge in [0.05, 0.1) is 23.6 Å². The summed E-state index contributed by atoms with van der Waals surface area (Å²) in [5.41, 5.74) is 8.48. The van der Waals surface area contributed by atoms with E-state index in [0.29, 0.717) is 5.56 Å². The third-order valence-corrected chi connectivity index (χ3v) is 6.45. The minimum absolute atomic E-state index is 0.0621. The van der Waals surface area contributed by atoms with Crippen molar-refractivity contribution in [3.05, 3.63) is 51.4 Å². The Hall–Kier alpha value is -2.75. The number of ether oxygens (including phenoxy) is 2. The molecule has 166 valence electrons. The lowest BCUT2D eigenvalue weighted by Gasteiger charge is -2.26. The van der Waals surface area contributed by atoms with Crippen LogP contribution in [0.3, 0.4) is 0 Å². The first kappa shape index (κ1) is 22.9. The Morgan fingerprint density at radius 3 is 2.74 bits per heavy atom. The molecule has 1 aliphatic carbocycles. The summed E-state index contributed by atoms with van der Waals surface area (Å²) in [6.07, 6.45) is 3.05. The highest BCUT2D eigenvalue weighted by Crippen LogP contribution is 2.34. The van der Waals surface area contributed by atoms with Crippen molar-refractivity contribution in [2.45, 2.75) is 32.2 Å². The van der Waals surface area contributed by atoms with Crippen LogP contribution < -0.4 is 16.4 Å². The van der Waals surface area contributed by atoms with E-state index in [2.05, 4.69) is 22.8 Å². The Morgan fingerprint density at radius 1 is 1.23 bits per heavy atom. The summed E-state index contributed by atoms with van der Waals surface area (Å²) in [5, 5.41) is 6.29. The number of carbonyl (C=O) groups is 3. The third-order valence-electron chi connectivity index (χ3n) is 5.23. The fourth-order valence-corrected chi connectivity index (χ4v) is 4.79. The van der Waals surface area contributed by atoms with Gasteiger partial charge in [-0.1, -0.05) is 24.3 Å². The number of nitrogens with two attached hydrogens (primary N) is 1. The average Bonchev–Trinajstić information content (AvgIpc) is 3.08. The second kappa shape index (κ2) is 10.5. The van der Waals surface area contributed by atoms with E-state index >= 15 is 0 Å². The van der Waals surface area contributed by atoms with E-state index in [0.717, 1.165) is 30.6 Å². The summed E-state index contributed by atoms with van der Waals surface area (Å²) >= 11 is 0.974. The number of anilines is 1. The summed E-state index contributed by atoms with van der Waals surface area (Å²) in [4.78, 5) is 37.1. The van der Waals surface area contributed by atoms with E-state index in [1.807, 2.05) is 12.1 Å². The molecule has 1 aromatic carbocycles. The number of carbonyl (C=O) groups excluding carboxylic acids is 3. The van der Waals surface area contributed by atoms with Crippen molar-refractivity contribution in [3.8, 4) is 0 Å². The molecule has 31 heavy (non-hydrogen) atoms. The fraction of sp³-hybridized carbons (Fsp3) is 0.409. The zero-order chi connectivity index (χ0) is 22.4. The molecule has 3 rings (SSSR count). The maximum absolute atomic E-state index is 12.6. The molecule has 0 radical (unpaired) electrons. The highest BCUT2D eigenvalue weighted by Gasteiger charge is 2.26. The molecule has 0 spiro atoms. The molecule has 1 heterocycles. The molecule has 1 aliphatic rings. The summed E-state index contributed by atoms with van der Waals surface area (Å²) in [6, 6.07) is 8.32. The fourth-order valence-electron chi connectivity index (χ4n) is 3.72. The molecule has 1 atom stereocenters. The van der Waals surface area contributed by atoms with Gasteiger partial charge in [0.15, 0.2) is 0 Å². The number of amides is 2. The number of aryl methyl sites for hydroxylation is 1. The molecule has 0 saturated carbocycles. The van der Waals surface area contributed by atoms with Crippen LogP contribution in [-0.2, 0) is 20.7 Å². The van der Waals surface area contributed by atoms with Crippen LogP contribution in [0.15, 0.2) is 24.3 Å². The van der Waals surface area contributed by atoms with Crippen molar-refractivity contribution >= 4 is 34.1 Å². The first-order chi connectivity index (χ1) is 14.9. The number of rotatable bonds is 9. The lowest BCUT2D eigenvalue weighted by molar-refractivity contribution is -0.115. The molecule has 1 aromatic heterocycles. The predicted molar refractivity (Wildman–Crippen MR) is 118 cm³/mol. The minimum atomic E-state index is -0.661. The van der Waals surface area contributed by atoms with E-state index in [1.54, 1.807) is 6.92 Å². The van der Waals surface area contributed by atoms with Crippen LogP contribution in [-0.4, -0.2) is 44.7 Å². The van der Waals surface area contributed by atoms with Crippen molar-refractivity contribution in [1.29, 1.82) is 0 Å². The first-order valence-corrected chi connectivity index (χ1v) is 10.9. The third kappa shape index (κ3) is 5.49. The second-order valence-corrected chi connectivity index (χ2v) is 8.35. The van der Waals surface area contributed by atoms with Gasteiger partial charge in [0.25, 0.3) is 5.91 Å². The number of benzene rings is 1. The number of esters is 1. The molecular weight excluding hydrogens is 418 g/mol. The number of methoxy groups -OCH3 is 1. The molecule has 0 unspecified atom stereocenters. The summed E-state index contributed by atoms with van der Waals surface area (Å²) in [7, 11) is 1.50. The molecule has 0 bridgehead atoms. The predicted octanol–water partition coefficient (Wildman–Crippen LogP) is 2.56. The number of thiophene rings is 1. The SMILES string of the molecule is COCCOC(=O)c1c(NC(=O)CN[C@H]2CCCc3ccccc32)sc(C(N)=O)c1C. The van der Waals surface area contributed by atoms with Crippen LogP contribution in [0.5, 0.6) is 0 Å². The van der Waals surface area contributed by atoms with Crippen molar-refractivity contribution in [2.24, 2.45) is 5.73 Å². The van der Waals surface area contributed by atoms with Gasteiger partial charge in [-0.25, -0.2) is 4.79 Å². The molecule has 8 nitrogen and oxygen atoms in total.